The van der Waals surface area contributed by atoms with Gasteiger partial charge in [0.1, 0.15) is 16.6 Å². The largest absolute Gasteiger partial charge is 0.479 e. The van der Waals surface area contributed by atoms with Crippen molar-refractivity contribution in [1.29, 1.82) is 5.26 Å². The van der Waals surface area contributed by atoms with Crippen molar-refractivity contribution >= 4 is 63.5 Å². The molecule has 0 radical (unpaired) electrons. The Morgan fingerprint density at radius 2 is 1.88 bits per heavy atom. The van der Waals surface area contributed by atoms with Crippen LogP contribution in [-0.2, 0) is 14.3 Å². The molecular weight excluding hydrogens is 479 g/mol. The Morgan fingerprint density at radius 1 is 1.25 bits per heavy atom. The average Bonchev–Trinajstić information content (AvgIpc) is 2.98. The van der Waals surface area contributed by atoms with Gasteiger partial charge in [-0.2, -0.15) is 5.26 Å². The van der Waals surface area contributed by atoms with Gasteiger partial charge in [-0.05, 0) is 50.1 Å². The summed E-state index contributed by atoms with van der Waals surface area (Å²) in [7, 11) is 0. The van der Waals surface area contributed by atoms with Crippen LogP contribution in [0.4, 0.5) is 5.00 Å². The van der Waals surface area contributed by atoms with Crippen molar-refractivity contribution < 1.29 is 29.0 Å². The zero-order chi connectivity index (χ0) is 24.0. The molecular formula is C21H18Cl2N2O6S. The summed E-state index contributed by atoms with van der Waals surface area (Å²) in [5.41, 5.74) is 0.973. The Hall–Kier alpha value is -3.06. The Labute approximate surface area is 198 Å². The summed E-state index contributed by atoms with van der Waals surface area (Å²) in [5.74, 6) is -2.54. The summed E-state index contributed by atoms with van der Waals surface area (Å²) in [4.78, 5) is 36.5. The second-order valence-electron chi connectivity index (χ2n) is 6.33. The maximum atomic E-state index is 12.7. The third-order valence-corrected chi connectivity index (χ3v) is 5.81. The van der Waals surface area contributed by atoms with Gasteiger partial charge in [0, 0.05) is 4.88 Å². The van der Waals surface area contributed by atoms with Gasteiger partial charge in [0.2, 0.25) is 0 Å². The van der Waals surface area contributed by atoms with E-state index in [4.69, 9.17) is 37.8 Å². The molecule has 0 aliphatic heterocycles. The lowest BCUT2D eigenvalue weighted by atomic mass is 10.1. The van der Waals surface area contributed by atoms with E-state index in [2.05, 4.69) is 5.32 Å². The van der Waals surface area contributed by atoms with Crippen molar-refractivity contribution in [2.75, 3.05) is 18.5 Å². The van der Waals surface area contributed by atoms with E-state index in [1.54, 1.807) is 26.8 Å². The molecule has 1 aromatic carbocycles. The number of carbonyl (C=O) groups excluding carboxylic acids is 2. The van der Waals surface area contributed by atoms with Gasteiger partial charge in [0.05, 0.1) is 22.2 Å². The number of nitrogens with zero attached hydrogens (tertiary/aromatic N) is 1. The van der Waals surface area contributed by atoms with E-state index >= 15 is 0 Å². The second kappa shape index (κ2) is 11.0. The van der Waals surface area contributed by atoms with Gasteiger partial charge < -0.3 is 19.9 Å². The van der Waals surface area contributed by atoms with Crippen molar-refractivity contribution in [1.82, 2.24) is 0 Å². The van der Waals surface area contributed by atoms with Crippen LogP contribution in [0.15, 0.2) is 17.7 Å². The van der Waals surface area contributed by atoms with Crippen LogP contribution in [0, 0.1) is 25.2 Å². The van der Waals surface area contributed by atoms with E-state index in [-0.39, 0.29) is 38.5 Å². The highest BCUT2D eigenvalue weighted by atomic mass is 35.5. The topological polar surface area (TPSA) is 126 Å². The number of esters is 1. The standard InChI is InChI=1S/C21H18Cl2N2O6S/c1-4-30-21(29)17-10(2)11(3)32-20(17)25-19(28)13(8-24)5-12-6-14(22)18(15(23)7-12)31-9-16(26)27/h5-7H,4,9H2,1-3H3,(H,25,28)(H,26,27). The number of amides is 1. The molecule has 0 bridgehead atoms. The number of ether oxygens (including phenoxy) is 2. The number of hydrogen-bond acceptors (Lipinski definition) is 7. The molecule has 0 aliphatic carbocycles. The number of carboxylic acid groups (broad SMARTS) is 1. The molecule has 0 unspecified atom stereocenters. The summed E-state index contributed by atoms with van der Waals surface area (Å²) in [5, 5.41) is 21.1. The number of benzene rings is 1. The zero-order valence-corrected chi connectivity index (χ0v) is 19.6. The SMILES string of the molecule is CCOC(=O)c1c(NC(=O)C(C#N)=Cc2cc(Cl)c(OCC(=O)O)c(Cl)c2)sc(C)c1C. The number of rotatable bonds is 8. The molecule has 0 aliphatic rings. The molecule has 2 aromatic rings. The first-order valence-corrected chi connectivity index (χ1v) is 10.7. The van der Waals surface area contributed by atoms with E-state index < -0.39 is 24.5 Å². The van der Waals surface area contributed by atoms with Gasteiger partial charge in [-0.1, -0.05) is 23.2 Å². The van der Waals surface area contributed by atoms with Crippen LogP contribution in [0.5, 0.6) is 5.75 Å². The Balaban J connectivity index is 2.33. The fourth-order valence-electron chi connectivity index (χ4n) is 2.58. The molecule has 8 nitrogen and oxygen atoms in total. The summed E-state index contributed by atoms with van der Waals surface area (Å²) in [6.07, 6.45) is 1.26. The normalized spacial score (nSPS) is 10.9. The van der Waals surface area contributed by atoms with E-state index in [0.717, 1.165) is 4.88 Å². The summed E-state index contributed by atoms with van der Waals surface area (Å²) >= 11 is 13.4. The van der Waals surface area contributed by atoms with Crippen LogP contribution in [-0.4, -0.2) is 36.2 Å². The summed E-state index contributed by atoms with van der Waals surface area (Å²) in [6.45, 7) is 4.76. The lowest BCUT2D eigenvalue weighted by Gasteiger charge is -2.09. The predicted octanol–water partition coefficient (Wildman–Crippen LogP) is 4.86. The van der Waals surface area contributed by atoms with Crippen LogP contribution in [0.25, 0.3) is 6.08 Å². The number of hydrogen-bond donors (Lipinski definition) is 2. The first-order chi connectivity index (χ1) is 15.1. The van der Waals surface area contributed by atoms with E-state index in [9.17, 15) is 19.6 Å². The van der Waals surface area contributed by atoms with Crippen molar-refractivity contribution in [2.24, 2.45) is 0 Å². The molecule has 0 atom stereocenters. The molecule has 0 fully saturated rings. The van der Waals surface area contributed by atoms with Crippen LogP contribution in [0.3, 0.4) is 0 Å². The van der Waals surface area contributed by atoms with E-state index in [1.807, 2.05) is 0 Å². The lowest BCUT2D eigenvalue weighted by Crippen LogP contribution is -2.16. The van der Waals surface area contributed by atoms with Crippen LogP contribution < -0.4 is 10.1 Å². The molecule has 2 N–H and O–H groups in total. The number of carboxylic acids is 1. The smallest absolute Gasteiger partial charge is 0.341 e. The Kier molecular flexibility index (Phi) is 8.66. The monoisotopic (exact) mass is 496 g/mol. The highest BCUT2D eigenvalue weighted by molar-refractivity contribution is 7.16. The van der Waals surface area contributed by atoms with Gasteiger partial charge in [-0.3, -0.25) is 4.79 Å². The number of halogens is 2. The first-order valence-electron chi connectivity index (χ1n) is 9.12. The second-order valence-corrected chi connectivity index (χ2v) is 8.37. The van der Waals surface area contributed by atoms with Crippen molar-refractivity contribution in [3.63, 3.8) is 0 Å². The highest BCUT2D eigenvalue weighted by Gasteiger charge is 2.23. The van der Waals surface area contributed by atoms with Gasteiger partial charge >= 0.3 is 11.9 Å². The predicted molar refractivity (Wildman–Crippen MR) is 122 cm³/mol. The van der Waals surface area contributed by atoms with Gasteiger partial charge in [0.25, 0.3) is 5.91 Å². The van der Waals surface area contributed by atoms with Crippen LogP contribution in [0.2, 0.25) is 10.0 Å². The minimum atomic E-state index is -1.20. The molecule has 11 heteroatoms. The number of carbonyl (C=O) groups is 3. The molecule has 2 rings (SSSR count). The molecule has 1 aromatic heterocycles. The lowest BCUT2D eigenvalue weighted by molar-refractivity contribution is -0.139. The van der Waals surface area contributed by atoms with Crippen molar-refractivity contribution in [2.45, 2.75) is 20.8 Å². The van der Waals surface area contributed by atoms with E-state index in [1.165, 1.54) is 29.5 Å². The maximum Gasteiger partial charge on any atom is 0.341 e. The molecule has 1 heterocycles. The molecule has 32 heavy (non-hydrogen) atoms. The molecule has 1 amide bonds. The molecule has 0 saturated carbocycles. The quantitative estimate of drug-likeness (QED) is 0.303. The Bertz CT molecular complexity index is 1130. The zero-order valence-electron chi connectivity index (χ0n) is 17.2. The fourth-order valence-corrected chi connectivity index (χ4v) is 4.24. The van der Waals surface area contributed by atoms with Crippen LogP contribution >= 0.6 is 34.5 Å². The first kappa shape index (κ1) is 25.2. The van der Waals surface area contributed by atoms with Gasteiger partial charge in [0.15, 0.2) is 12.4 Å². The highest BCUT2D eigenvalue weighted by Crippen LogP contribution is 2.36. The summed E-state index contributed by atoms with van der Waals surface area (Å²) < 4.78 is 10.1. The average molecular weight is 497 g/mol. The number of aryl methyl sites for hydroxylation is 1. The summed E-state index contributed by atoms with van der Waals surface area (Å²) in [6, 6.07) is 4.55. The third-order valence-electron chi connectivity index (χ3n) is 4.13. The van der Waals surface area contributed by atoms with E-state index in [0.29, 0.717) is 11.1 Å². The van der Waals surface area contributed by atoms with Crippen LogP contribution in [0.1, 0.15) is 33.3 Å². The number of nitriles is 1. The van der Waals surface area contributed by atoms with Crippen molar-refractivity contribution in [3.8, 4) is 11.8 Å². The minimum Gasteiger partial charge on any atom is -0.479 e. The third kappa shape index (κ3) is 6.01. The number of nitrogens with one attached hydrogen (secondary N) is 1. The minimum absolute atomic E-state index is 0.0109. The van der Waals surface area contributed by atoms with Gasteiger partial charge in [-0.25, -0.2) is 9.59 Å². The fraction of sp³-hybridized carbons (Fsp3) is 0.238. The molecule has 0 saturated heterocycles. The Morgan fingerprint density at radius 3 is 2.41 bits per heavy atom. The number of thiophene rings is 1. The molecule has 0 spiro atoms. The maximum absolute atomic E-state index is 12.7. The molecule has 168 valence electrons. The van der Waals surface area contributed by atoms with Gasteiger partial charge in [-0.15, -0.1) is 11.3 Å². The number of aliphatic carboxylic acids is 1. The number of anilines is 1. The van der Waals surface area contributed by atoms with Crippen molar-refractivity contribution in [3.05, 3.63) is 49.3 Å².